The van der Waals surface area contributed by atoms with Crippen molar-refractivity contribution in [1.82, 2.24) is 0 Å². The minimum Gasteiger partial charge on any atom is -0.493 e. The van der Waals surface area contributed by atoms with Gasteiger partial charge in [-0.25, -0.2) is 0 Å². The van der Waals surface area contributed by atoms with E-state index in [1.807, 2.05) is 24.5 Å². The maximum atomic E-state index is 9.11. The second-order valence-corrected chi connectivity index (χ2v) is 7.82. The average Bonchev–Trinajstić information content (AvgIpc) is 3.31. The Bertz CT molecular complexity index is 836. The number of thioether (sulfide) groups is 1. The number of rotatable bonds is 10. The van der Waals surface area contributed by atoms with E-state index in [0.29, 0.717) is 28.7 Å². The fraction of sp³-hybridized carbons (Fsp3) is 0.478. The lowest BCUT2D eigenvalue weighted by molar-refractivity contribution is 0.0435. The first-order valence-corrected chi connectivity index (χ1v) is 11.3. The molecule has 3 rings (SSSR count). The molecule has 1 saturated heterocycles. The molecule has 0 aromatic heterocycles. The van der Waals surface area contributed by atoms with Crippen molar-refractivity contribution >= 4 is 11.8 Å². The molecule has 1 aliphatic rings. The van der Waals surface area contributed by atoms with Crippen LogP contribution in [0.4, 0.5) is 0 Å². The molecule has 1 aliphatic heterocycles. The molecule has 7 nitrogen and oxygen atoms in total. The Morgan fingerprint density at radius 3 is 1.81 bits per heavy atom. The van der Waals surface area contributed by atoms with Gasteiger partial charge in [0.15, 0.2) is 23.0 Å². The van der Waals surface area contributed by atoms with E-state index in [0.717, 1.165) is 28.9 Å². The maximum Gasteiger partial charge on any atom is 0.203 e. The van der Waals surface area contributed by atoms with Crippen LogP contribution in [-0.2, 0) is 4.74 Å². The third-order valence-corrected chi connectivity index (χ3v) is 6.01. The normalized spacial score (nSPS) is 18.0. The van der Waals surface area contributed by atoms with Gasteiger partial charge in [0.25, 0.3) is 0 Å². The number of hydrogen-bond acceptors (Lipinski definition) is 8. The van der Waals surface area contributed by atoms with E-state index in [9.17, 15) is 0 Å². The zero-order valence-corrected chi connectivity index (χ0v) is 19.4. The molecule has 0 aliphatic carbocycles. The summed E-state index contributed by atoms with van der Waals surface area (Å²) in [7, 11) is 6.42. The number of benzene rings is 2. The van der Waals surface area contributed by atoms with Gasteiger partial charge in [0.05, 0.1) is 52.1 Å². The van der Waals surface area contributed by atoms with Crippen molar-refractivity contribution in [3.8, 4) is 28.7 Å². The van der Waals surface area contributed by atoms with Crippen molar-refractivity contribution in [2.24, 2.45) is 0 Å². The predicted molar refractivity (Wildman–Crippen MR) is 119 cm³/mol. The lowest BCUT2D eigenvalue weighted by Crippen LogP contribution is -2.06. The Labute approximate surface area is 187 Å². The third-order valence-electron chi connectivity index (χ3n) is 5.27. The molecule has 170 valence electrons. The first-order valence-electron chi connectivity index (χ1n) is 10.0. The summed E-state index contributed by atoms with van der Waals surface area (Å²) in [5.74, 6) is 3.07. The molecule has 8 heteroatoms. The Morgan fingerprint density at radius 1 is 0.839 bits per heavy atom. The highest BCUT2D eigenvalue weighted by atomic mass is 32.2. The molecule has 1 fully saturated rings. The Kier molecular flexibility index (Phi) is 8.17. The number of ether oxygens (including phenoxy) is 6. The molecule has 2 aromatic carbocycles. The second kappa shape index (κ2) is 10.8. The second-order valence-electron chi connectivity index (χ2n) is 6.98. The molecule has 1 N–H and O–H groups in total. The molecule has 0 unspecified atom stereocenters. The highest BCUT2D eigenvalue weighted by Crippen LogP contribution is 2.48. The molecule has 1 heterocycles. The van der Waals surface area contributed by atoms with Gasteiger partial charge in [-0.1, -0.05) is 0 Å². The number of aliphatic hydroxyl groups is 1. The van der Waals surface area contributed by atoms with Gasteiger partial charge in [0.1, 0.15) is 6.61 Å². The van der Waals surface area contributed by atoms with Gasteiger partial charge >= 0.3 is 0 Å². The van der Waals surface area contributed by atoms with E-state index >= 15 is 0 Å². The summed E-state index contributed by atoms with van der Waals surface area (Å²) in [6, 6.07) is 7.90. The van der Waals surface area contributed by atoms with Crippen molar-refractivity contribution in [1.29, 1.82) is 0 Å². The quantitative estimate of drug-likeness (QED) is 0.534. The summed E-state index contributed by atoms with van der Waals surface area (Å²) in [6.07, 6.45) is 3.56. The van der Waals surface area contributed by atoms with Crippen LogP contribution in [-0.4, -0.2) is 53.0 Å². The van der Waals surface area contributed by atoms with Crippen molar-refractivity contribution in [2.45, 2.75) is 29.9 Å². The summed E-state index contributed by atoms with van der Waals surface area (Å²) in [4.78, 5) is 0.947. The van der Waals surface area contributed by atoms with Crippen LogP contribution < -0.4 is 23.7 Å². The monoisotopic (exact) mass is 450 g/mol. The summed E-state index contributed by atoms with van der Waals surface area (Å²) in [5.41, 5.74) is 2.02. The van der Waals surface area contributed by atoms with Crippen LogP contribution in [0, 0.1) is 0 Å². The largest absolute Gasteiger partial charge is 0.493 e. The fourth-order valence-corrected chi connectivity index (χ4v) is 4.39. The summed E-state index contributed by atoms with van der Waals surface area (Å²) in [6.45, 7) is 0.160. The number of hydrogen-bond donors (Lipinski definition) is 1. The van der Waals surface area contributed by atoms with Gasteiger partial charge in [-0.05, 0) is 54.5 Å². The minimum atomic E-state index is -0.0900. The zero-order chi connectivity index (χ0) is 22.4. The van der Waals surface area contributed by atoms with Crippen LogP contribution in [0.3, 0.4) is 0 Å². The smallest absolute Gasteiger partial charge is 0.203 e. The van der Waals surface area contributed by atoms with Crippen molar-refractivity contribution in [2.75, 3.05) is 47.9 Å². The number of methoxy groups -OCH3 is 4. The van der Waals surface area contributed by atoms with Crippen LogP contribution in [0.15, 0.2) is 29.2 Å². The van der Waals surface area contributed by atoms with Gasteiger partial charge in [-0.2, -0.15) is 0 Å². The van der Waals surface area contributed by atoms with E-state index in [4.69, 9.17) is 33.5 Å². The van der Waals surface area contributed by atoms with Gasteiger partial charge in [0, 0.05) is 0 Å². The van der Waals surface area contributed by atoms with E-state index in [1.165, 1.54) is 0 Å². The van der Waals surface area contributed by atoms with E-state index in [-0.39, 0.29) is 25.4 Å². The lowest BCUT2D eigenvalue weighted by Gasteiger charge is -2.20. The average molecular weight is 451 g/mol. The highest BCUT2D eigenvalue weighted by molar-refractivity contribution is 7.98. The summed E-state index contributed by atoms with van der Waals surface area (Å²) >= 11 is 1.57. The summed E-state index contributed by atoms with van der Waals surface area (Å²) < 4.78 is 34.1. The molecule has 0 bridgehead atoms. The highest BCUT2D eigenvalue weighted by Gasteiger charge is 2.30. The fourth-order valence-electron chi connectivity index (χ4n) is 3.79. The SMILES string of the molecule is COc1cc([C@@H]2CC[C@@H](c3cc(OC)c(OCCO)c(SC)c3)O2)cc(OC)c1OC. The molecule has 0 amide bonds. The van der Waals surface area contributed by atoms with Crippen LogP contribution in [0.25, 0.3) is 0 Å². The molecule has 2 aromatic rings. The van der Waals surface area contributed by atoms with Crippen LogP contribution in [0.5, 0.6) is 28.7 Å². The van der Waals surface area contributed by atoms with E-state index in [1.54, 1.807) is 40.2 Å². The molecule has 0 radical (unpaired) electrons. The van der Waals surface area contributed by atoms with Crippen molar-refractivity contribution in [3.63, 3.8) is 0 Å². The van der Waals surface area contributed by atoms with Crippen LogP contribution in [0.2, 0.25) is 0 Å². The standard InChI is InChI=1S/C23H30O7S/c1-25-18-10-14(11-19(26-2)22(18)28-4)16-6-7-17(30-16)15-12-20(27-3)23(29-9-8-24)21(13-15)31-5/h10-13,16-17,24H,6-9H2,1-5H3/t16-,17-/m0/s1. The van der Waals surface area contributed by atoms with Crippen LogP contribution >= 0.6 is 11.8 Å². The number of aliphatic hydroxyl groups excluding tert-OH is 1. The first kappa shape index (κ1) is 23.4. The minimum absolute atomic E-state index is 0.0546. The summed E-state index contributed by atoms with van der Waals surface area (Å²) in [5, 5.41) is 9.11. The molecular weight excluding hydrogens is 420 g/mol. The van der Waals surface area contributed by atoms with Gasteiger partial charge in [-0.3, -0.25) is 0 Å². The molecule has 31 heavy (non-hydrogen) atoms. The third kappa shape index (κ3) is 4.97. The lowest BCUT2D eigenvalue weighted by atomic mass is 10.0. The van der Waals surface area contributed by atoms with Crippen molar-refractivity contribution in [3.05, 3.63) is 35.4 Å². The molecule has 0 spiro atoms. The molecule has 0 saturated carbocycles. The van der Waals surface area contributed by atoms with Crippen molar-refractivity contribution < 1.29 is 33.5 Å². The zero-order valence-electron chi connectivity index (χ0n) is 18.6. The van der Waals surface area contributed by atoms with E-state index < -0.39 is 0 Å². The van der Waals surface area contributed by atoms with Gasteiger partial charge < -0.3 is 33.5 Å². The predicted octanol–water partition coefficient (Wildman–Crippen LogP) is 4.41. The Balaban J connectivity index is 1.87. The Morgan fingerprint density at radius 2 is 1.35 bits per heavy atom. The maximum absolute atomic E-state index is 9.11. The molecular formula is C23H30O7S. The molecule has 2 atom stereocenters. The Hall–Kier alpha value is -2.29. The van der Waals surface area contributed by atoms with Gasteiger partial charge in [0.2, 0.25) is 5.75 Å². The van der Waals surface area contributed by atoms with E-state index in [2.05, 4.69) is 6.07 Å². The topological polar surface area (TPSA) is 75.6 Å². The van der Waals surface area contributed by atoms with Gasteiger partial charge in [-0.15, -0.1) is 11.8 Å². The van der Waals surface area contributed by atoms with Crippen LogP contribution in [0.1, 0.15) is 36.2 Å². The first-order chi connectivity index (χ1) is 15.1.